The van der Waals surface area contributed by atoms with Crippen LogP contribution in [0.3, 0.4) is 0 Å². The molecule has 3 nitrogen and oxygen atoms in total. The van der Waals surface area contributed by atoms with Gasteiger partial charge in [-0.25, -0.2) is 0 Å². The van der Waals surface area contributed by atoms with Crippen LogP contribution in [0.25, 0.3) is 0 Å². The molecule has 0 aromatic heterocycles. The molecule has 0 aromatic rings. The normalized spacial score (nSPS) is 37.1. The number of nitrogens with zero attached hydrogens (tertiary/aromatic N) is 2. The molecule has 1 N–H and O–H groups in total. The van der Waals surface area contributed by atoms with E-state index >= 15 is 0 Å². The van der Waals surface area contributed by atoms with Crippen LogP contribution in [0.2, 0.25) is 0 Å². The molecule has 94 valence electrons. The Hall–Kier alpha value is -0.120. The van der Waals surface area contributed by atoms with Crippen LogP contribution in [-0.2, 0) is 0 Å². The molecule has 0 bridgehead atoms. The van der Waals surface area contributed by atoms with Crippen LogP contribution in [0.15, 0.2) is 0 Å². The summed E-state index contributed by atoms with van der Waals surface area (Å²) in [5.74, 6) is 0. The number of hydrogen-bond donors (Lipinski definition) is 1. The van der Waals surface area contributed by atoms with E-state index in [0.717, 1.165) is 13.0 Å². The van der Waals surface area contributed by atoms with Gasteiger partial charge in [0.15, 0.2) is 0 Å². The van der Waals surface area contributed by atoms with Crippen molar-refractivity contribution in [3.05, 3.63) is 0 Å². The highest BCUT2D eigenvalue weighted by molar-refractivity contribution is 4.91. The molecule has 1 saturated carbocycles. The van der Waals surface area contributed by atoms with Crippen molar-refractivity contribution in [2.75, 3.05) is 27.2 Å². The van der Waals surface area contributed by atoms with E-state index in [1.807, 2.05) is 0 Å². The highest BCUT2D eigenvalue weighted by atomic mass is 16.3. The summed E-state index contributed by atoms with van der Waals surface area (Å²) >= 11 is 0. The fourth-order valence-electron chi connectivity index (χ4n) is 3.39. The van der Waals surface area contributed by atoms with Crippen molar-refractivity contribution in [2.45, 2.75) is 56.7 Å². The lowest BCUT2D eigenvalue weighted by atomic mass is 9.91. The van der Waals surface area contributed by atoms with Gasteiger partial charge in [0.2, 0.25) is 0 Å². The van der Waals surface area contributed by atoms with Crippen LogP contribution in [0.1, 0.15) is 38.5 Å². The Morgan fingerprint density at radius 2 is 1.88 bits per heavy atom. The fraction of sp³-hybridized carbons (Fsp3) is 1.00. The van der Waals surface area contributed by atoms with Gasteiger partial charge in [0, 0.05) is 18.6 Å². The molecule has 1 heterocycles. The van der Waals surface area contributed by atoms with Crippen molar-refractivity contribution in [3.8, 4) is 0 Å². The van der Waals surface area contributed by atoms with Gasteiger partial charge >= 0.3 is 0 Å². The average molecular weight is 226 g/mol. The average Bonchev–Trinajstić information content (AvgIpc) is 2.66. The lowest BCUT2D eigenvalue weighted by Gasteiger charge is -2.39. The first kappa shape index (κ1) is 12.3. The maximum Gasteiger partial charge on any atom is 0.0695 e. The molecule has 1 saturated heterocycles. The Balaban J connectivity index is 1.95. The molecular formula is C13H26N2O. The zero-order chi connectivity index (χ0) is 11.5. The van der Waals surface area contributed by atoms with Crippen LogP contribution in [-0.4, -0.2) is 60.3 Å². The number of likely N-dealkylation sites (tertiary alicyclic amines) is 1. The summed E-state index contributed by atoms with van der Waals surface area (Å²) < 4.78 is 0. The van der Waals surface area contributed by atoms with Crippen LogP contribution in [0.4, 0.5) is 0 Å². The molecule has 2 fully saturated rings. The largest absolute Gasteiger partial charge is 0.391 e. The van der Waals surface area contributed by atoms with Crippen molar-refractivity contribution >= 4 is 0 Å². The Morgan fingerprint density at radius 3 is 2.56 bits per heavy atom. The van der Waals surface area contributed by atoms with Gasteiger partial charge in [0.25, 0.3) is 0 Å². The molecule has 0 spiro atoms. The maximum absolute atomic E-state index is 10.1. The smallest absolute Gasteiger partial charge is 0.0695 e. The summed E-state index contributed by atoms with van der Waals surface area (Å²) in [7, 11) is 4.29. The van der Waals surface area contributed by atoms with Crippen LogP contribution in [0, 0.1) is 0 Å². The minimum absolute atomic E-state index is 0.0727. The number of aliphatic hydroxyl groups is 1. The third kappa shape index (κ3) is 2.76. The van der Waals surface area contributed by atoms with E-state index in [0.29, 0.717) is 12.1 Å². The van der Waals surface area contributed by atoms with Gasteiger partial charge in [0.05, 0.1) is 6.10 Å². The lowest BCUT2D eigenvalue weighted by Crippen LogP contribution is -2.50. The van der Waals surface area contributed by atoms with Crippen molar-refractivity contribution in [1.82, 2.24) is 9.80 Å². The number of hydrogen-bond acceptors (Lipinski definition) is 3. The van der Waals surface area contributed by atoms with Gasteiger partial charge in [-0.15, -0.1) is 0 Å². The first-order chi connectivity index (χ1) is 7.68. The molecule has 0 amide bonds. The van der Waals surface area contributed by atoms with Gasteiger partial charge < -0.3 is 10.0 Å². The van der Waals surface area contributed by atoms with E-state index in [2.05, 4.69) is 23.9 Å². The van der Waals surface area contributed by atoms with E-state index in [9.17, 15) is 5.11 Å². The second kappa shape index (κ2) is 5.48. The molecule has 2 rings (SSSR count). The molecule has 0 radical (unpaired) electrons. The van der Waals surface area contributed by atoms with E-state index in [4.69, 9.17) is 0 Å². The molecule has 1 aliphatic carbocycles. The monoisotopic (exact) mass is 226 g/mol. The third-order valence-electron chi connectivity index (χ3n) is 4.12. The zero-order valence-corrected chi connectivity index (χ0v) is 10.7. The quantitative estimate of drug-likeness (QED) is 0.786. The summed E-state index contributed by atoms with van der Waals surface area (Å²) in [4.78, 5) is 4.86. The fourth-order valence-corrected chi connectivity index (χ4v) is 3.39. The molecule has 2 aliphatic rings. The Kier molecular flexibility index (Phi) is 4.22. The molecule has 3 heteroatoms. The van der Waals surface area contributed by atoms with E-state index in [1.165, 1.54) is 38.6 Å². The molecule has 1 unspecified atom stereocenters. The van der Waals surface area contributed by atoms with Gasteiger partial charge in [-0.05, 0) is 46.3 Å². The predicted octanol–water partition coefficient (Wildman–Crippen LogP) is 1.32. The summed E-state index contributed by atoms with van der Waals surface area (Å²) in [5.41, 5.74) is 0. The maximum atomic E-state index is 10.1. The second-order valence-electron chi connectivity index (χ2n) is 5.72. The predicted molar refractivity (Wildman–Crippen MR) is 66.5 cm³/mol. The second-order valence-corrected chi connectivity index (χ2v) is 5.72. The Bertz CT molecular complexity index is 220. The van der Waals surface area contributed by atoms with Crippen LogP contribution >= 0.6 is 0 Å². The molecule has 0 aromatic carbocycles. The van der Waals surface area contributed by atoms with Gasteiger partial charge in [-0.3, -0.25) is 4.90 Å². The molecular weight excluding hydrogens is 200 g/mol. The SMILES string of the molecule is CN(C)CC1CCCN1[C@@H]1CCCC[C@H]1O. The zero-order valence-electron chi connectivity index (χ0n) is 10.7. The highest BCUT2D eigenvalue weighted by Crippen LogP contribution is 2.29. The standard InChI is InChI=1S/C13H26N2O/c1-14(2)10-11-6-5-9-15(11)12-7-3-4-8-13(12)16/h11-13,16H,3-10H2,1-2H3/t11?,12-,13-/m1/s1. The molecule has 1 aliphatic heterocycles. The van der Waals surface area contributed by atoms with Crippen LogP contribution < -0.4 is 0 Å². The van der Waals surface area contributed by atoms with E-state index in [-0.39, 0.29) is 6.10 Å². The number of rotatable bonds is 3. The van der Waals surface area contributed by atoms with E-state index < -0.39 is 0 Å². The number of aliphatic hydroxyl groups excluding tert-OH is 1. The molecule has 3 atom stereocenters. The van der Waals surface area contributed by atoms with E-state index in [1.54, 1.807) is 0 Å². The summed E-state index contributed by atoms with van der Waals surface area (Å²) in [6.07, 6.45) is 7.26. The first-order valence-corrected chi connectivity index (χ1v) is 6.77. The van der Waals surface area contributed by atoms with Crippen molar-refractivity contribution < 1.29 is 5.11 Å². The number of likely N-dealkylation sites (N-methyl/N-ethyl adjacent to an activating group) is 1. The molecule has 16 heavy (non-hydrogen) atoms. The summed E-state index contributed by atoms with van der Waals surface area (Å²) in [6.45, 7) is 2.34. The summed E-state index contributed by atoms with van der Waals surface area (Å²) in [6, 6.07) is 1.12. The van der Waals surface area contributed by atoms with Gasteiger partial charge in [0.1, 0.15) is 0 Å². The lowest BCUT2D eigenvalue weighted by molar-refractivity contribution is 0.00941. The highest BCUT2D eigenvalue weighted by Gasteiger charge is 2.35. The topological polar surface area (TPSA) is 26.7 Å². The van der Waals surface area contributed by atoms with Crippen molar-refractivity contribution in [2.24, 2.45) is 0 Å². The minimum Gasteiger partial charge on any atom is -0.391 e. The minimum atomic E-state index is -0.0727. The first-order valence-electron chi connectivity index (χ1n) is 6.77. The van der Waals surface area contributed by atoms with Gasteiger partial charge in [-0.1, -0.05) is 12.8 Å². The Morgan fingerprint density at radius 1 is 1.12 bits per heavy atom. The Labute approximate surface area is 99.4 Å². The van der Waals surface area contributed by atoms with Gasteiger partial charge in [-0.2, -0.15) is 0 Å². The summed E-state index contributed by atoms with van der Waals surface area (Å²) in [5, 5.41) is 10.1. The van der Waals surface area contributed by atoms with Crippen molar-refractivity contribution in [1.29, 1.82) is 0 Å². The van der Waals surface area contributed by atoms with Crippen molar-refractivity contribution in [3.63, 3.8) is 0 Å². The third-order valence-corrected chi connectivity index (χ3v) is 4.12. The van der Waals surface area contributed by atoms with Crippen LogP contribution in [0.5, 0.6) is 0 Å².